The zero-order valence-electron chi connectivity index (χ0n) is 7.28. The minimum atomic E-state index is -3.11. The molecule has 12 heavy (non-hydrogen) atoms. The van der Waals surface area contributed by atoms with Gasteiger partial charge in [0.2, 0.25) is 10.0 Å². The summed E-state index contributed by atoms with van der Waals surface area (Å²) in [5, 5.41) is 0. The molecule has 0 heterocycles. The molecule has 1 aliphatic carbocycles. The lowest BCUT2D eigenvalue weighted by molar-refractivity contribution is 0.502. The first-order valence-electron chi connectivity index (χ1n) is 3.58. The van der Waals surface area contributed by atoms with E-state index in [-0.39, 0.29) is 19.0 Å². The Morgan fingerprint density at radius 3 is 1.92 bits per heavy atom. The van der Waals surface area contributed by atoms with Crippen LogP contribution in [0.15, 0.2) is 0 Å². The summed E-state index contributed by atoms with van der Waals surface area (Å²) in [6.45, 7) is 0.244. The molecule has 1 fully saturated rings. The van der Waals surface area contributed by atoms with E-state index in [0.717, 1.165) is 0 Å². The average Bonchev–Trinajstić information content (AvgIpc) is 2.66. The third kappa shape index (κ3) is 1.59. The van der Waals surface area contributed by atoms with Crippen molar-refractivity contribution < 1.29 is 8.42 Å². The fraction of sp³-hybridized carbons (Fsp3) is 1.00. The molecule has 1 rings (SSSR count). The van der Waals surface area contributed by atoms with Crippen LogP contribution in [0.25, 0.3) is 0 Å². The van der Waals surface area contributed by atoms with Gasteiger partial charge in [0.1, 0.15) is 0 Å². The smallest absolute Gasteiger partial charge is 0.220 e. The van der Waals surface area contributed by atoms with Crippen LogP contribution in [0, 0.1) is 0 Å². The first-order valence-corrected chi connectivity index (χ1v) is 5.02. The predicted molar refractivity (Wildman–Crippen MR) is 50.9 cm³/mol. The van der Waals surface area contributed by atoms with Crippen molar-refractivity contribution in [2.45, 2.75) is 17.6 Å². The van der Waals surface area contributed by atoms with Gasteiger partial charge in [-0.15, -0.1) is 12.4 Å². The van der Waals surface area contributed by atoms with E-state index >= 15 is 0 Å². The molecule has 0 bridgehead atoms. The van der Waals surface area contributed by atoms with Gasteiger partial charge >= 0.3 is 0 Å². The van der Waals surface area contributed by atoms with Crippen molar-refractivity contribution in [1.29, 1.82) is 0 Å². The van der Waals surface area contributed by atoms with Crippen molar-refractivity contribution in [3.05, 3.63) is 0 Å². The summed E-state index contributed by atoms with van der Waals surface area (Å²) in [4.78, 5) is 0. The highest BCUT2D eigenvalue weighted by Crippen LogP contribution is 2.43. The normalized spacial score (nSPS) is 20.3. The van der Waals surface area contributed by atoms with Gasteiger partial charge in [-0.25, -0.2) is 12.7 Å². The molecular weight excluding hydrogens is 200 g/mol. The zero-order chi connectivity index (χ0) is 8.70. The second kappa shape index (κ2) is 3.49. The van der Waals surface area contributed by atoms with Crippen molar-refractivity contribution in [3.8, 4) is 0 Å². The number of hydrogen-bond acceptors (Lipinski definition) is 3. The van der Waals surface area contributed by atoms with Gasteiger partial charge in [-0.05, 0) is 12.8 Å². The summed E-state index contributed by atoms with van der Waals surface area (Å²) in [5.74, 6) is 0. The number of hydrogen-bond donors (Lipinski definition) is 1. The molecule has 0 radical (unpaired) electrons. The Bertz CT molecular complexity index is 246. The van der Waals surface area contributed by atoms with Crippen LogP contribution in [0.3, 0.4) is 0 Å². The van der Waals surface area contributed by atoms with Crippen molar-refractivity contribution in [3.63, 3.8) is 0 Å². The lowest BCUT2D eigenvalue weighted by atomic mass is 10.4. The molecule has 6 heteroatoms. The predicted octanol–water partition coefficient (Wildman–Crippen LogP) is -0.209. The van der Waals surface area contributed by atoms with Crippen LogP contribution in [0.4, 0.5) is 0 Å². The Morgan fingerprint density at radius 1 is 1.42 bits per heavy atom. The average molecular weight is 215 g/mol. The largest absolute Gasteiger partial charge is 0.329 e. The number of sulfonamides is 1. The lowest BCUT2D eigenvalue weighted by Gasteiger charge is -2.18. The van der Waals surface area contributed by atoms with Crippen LogP contribution < -0.4 is 5.73 Å². The maximum absolute atomic E-state index is 11.5. The van der Waals surface area contributed by atoms with E-state index in [1.165, 1.54) is 4.31 Å². The fourth-order valence-electron chi connectivity index (χ4n) is 1.09. The minimum absolute atomic E-state index is 0. The standard InChI is InChI=1S/C6H14N2O2S.ClH/c1-8(2)11(9,10)6(5-7)3-4-6;/h3-5,7H2,1-2H3;1H. The molecule has 0 amide bonds. The van der Waals surface area contributed by atoms with Gasteiger partial charge in [0.05, 0.1) is 4.75 Å². The first-order chi connectivity index (χ1) is 4.96. The van der Waals surface area contributed by atoms with Crippen molar-refractivity contribution in [1.82, 2.24) is 4.31 Å². The van der Waals surface area contributed by atoms with Crippen LogP contribution in [0.2, 0.25) is 0 Å². The summed E-state index contributed by atoms with van der Waals surface area (Å²) in [7, 11) is -0.0137. The van der Waals surface area contributed by atoms with E-state index in [2.05, 4.69) is 0 Å². The van der Waals surface area contributed by atoms with Crippen molar-refractivity contribution >= 4 is 22.4 Å². The minimum Gasteiger partial charge on any atom is -0.329 e. The summed E-state index contributed by atoms with van der Waals surface area (Å²) in [5.41, 5.74) is 5.39. The van der Waals surface area contributed by atoms with Crippen LogP contribution >= 0.6 is 12.4 Å². The summed E-state index contributed by atoms with van der Waals surface area (Å²) >= 11 is 0. The van der Waals surface area contributed by atoms with Gasteiger partial charge in [-0.2, -0.15) is 0 Å². The summed E-state index contributed by atoms with van der Waals surface area (Å²) < 4.78 is 23.6. The molecule has 1 saturated carbocycles. The molecule has 2 N–H and O–H groups in total. The van der Waals surface area contributed by atoms with Crippen LogP contribution in [-0.4, -0.2) is 38.1 Å². The number of halogens is 1. The molecule has 4 nitrogen and oxygen atoms in total. The first kappa shape index (κ1) is 12.2. The summed E-state index contributed by atoms with van der Waals surface area (Å²) in [6.07, 6.45) is 1.42. The molecule has 0 atom stereocenters. The molecule has 0 aromatic heterocycles. The van der Waals surface area contributed by atoms with Gasteiger partial charge in [0.25, 0.3) is 0 Å². The highest BCUT2D eigenvalue weighted by Gasteiger charge is 2.54. The van der Waals surface area contributed by atoms with Gasteiger partial charge in [0, 0.05) is 20.6 Å². The third-order valence-electron chi connectivity index (χ3n) is 2.21. The quantitative estimate of drug-likeness (QED) is 0.707. The fourth-order valence-corrected chi connectivity index (χ4v) is 2.70. The molecule has 0 aliphatic heterocycles. The summed E-state index contributed by atoms with van der Waals surface area (Å²) in [6, 6.07) is 0. The molecule has 0 aromatic carbocycles. The lowest BCUT2D eigenvalue weighted by Crippen LogP contribution is -2.40. The van der Waals surface area contributed by atoms with E-state index in [1.54, 1.807) is 14.1 Å². The van der Waals surface area contributed by atoms with E-state index in [9.17, 15) is 8.42 Å². The van der Waals surface area contributed by atoms with E-state index in [0.29, 0.717) is 12.8 Å². The van der Waals surface area contributed by atoms with Crippen LogP contribution in [-0.2, 0) is 10.0 Å². The van der Waals surface area contributed by atoms with Crippen LogP contribution in [0.5, 0.6) is 0 Å². The van der Waals surface area contributed by atoms with E-state index < -0.39 is 14.8 Å². The van der Waals surface area contributed by atoms with E-state index in [4.69, 9.17) is 5.73 Å². The topological polar surface area (TPSA) is 63.4 Å². The van der Waals surface area contributed by atoms with Gasteiger partial charge in [-0.1, -0.05) is 0 Å². The maximum Gasteiger partial charge on any atom is 0.220 e. The molecule has 0 aromatic rings. The Hall–Kier alpha value is 0.160. The molecule has 0 spiro atoms. The molecule has 74 valence electrons. The molecule has 0 unspecified atom stereocenters. The Balaban J connectivity index is 0.00000121. The molecular formula is C6H15ClN2O2S. The third-order valence-corrected chi connectivity index (χ3v) is 4.84. The Kier molecular flexibility index (Phi) is 3.54. The van der Waals surface area contributed by atoms with E-state index in [1.807, 2.05) is 0 Å². The van der Waals surface area contributed by atoms with Gasteiger partial charge < -0.3 is 5.73 Å². The Morgan fingerprint density at radius 2 is 1.83 bits per heavy atom. The van der Waals surface area contributed by atoms with Crippen LogP contribution in [0.1, 0.15) is 12.8 Å². The second-order valence-electron chi connectivity index (χ2n) is 3.17. The molecule has 0 saturated heterocycles. The maximum atomic E-state index is 11.5. The van der Waals surface area contributed by atoms with Gasteiger partial charge in [-0.3, -0.25) is 0 Å². The zero-order valence-corrected chi connectivity index (χ0v) is 8.91. The second-order valence-corrected chi connectivity index (χ2v) is 5.72. The number of rotatable bonds is 3. The highest BCUT2D eigenvalue weighted by atomic mass is 35.5. The van der Waals surface area contributed by atoms with Crippen molar-refractivity contribution in [2.24, 2.45) is 5.73 Å². The number of nitrogens with zero attached hydrogens (tertiary/aromatic N) is 1. The van der Waals surface area contributed by atoms with Gasteiger partial charge in [0.15, 0.2) is 0 Å². The highest BCUT2D eigenvalue weighted by molar-refractivity contribution is 7.90. The molecule has 1 aliphatic rings. The SMILES string of the molecule is CN(C)S(=O)(=O)C1(CN)CC1.Cl. The Labute approximate surface area is 79.6 Å². The van der Waals surface area contributed by atoms with Crippen molar-refractivity contribution in [2.75, 3.05) is 20.6 Å². The number of nitrogens with two attached hydrogens (primary N) is 1. The monoisotopic (exact) mass is 214 g/mol.